The molecule has 0 saturated carbocycles. The minimum atomic E-state index is -1.20. The van der Waals surface area contributed by atoms with Gasteiger partial charge in [-0.15, -0.1) is 0 Å². The van der Waals surface area contributed by atoms with Gasteiger partial charge in [0.15, 0.2) is 0 Å². The molecule has 38 heavy (non-hydrogen) atoms. The van der Waals surface area contributed by atoms with Gasteiger partial charge < -0.3 is 36.8 Å². The van der Waals surface area contributed by atoms with Crippen LogP contribution in [0, 0.1) is 11.8 Å². The lowest BCUT2D eigenvalue weighted by molar-refractivity contribution is -0.142. The van der Waals surface area contributed by atoms with E-state index in [-0.39, 0.29) is 24.7 Å². The Labute approximate surface area is 226 Å². The molecule has 0 aromatic carbocycles. The van der Waals surface area contributed by atoms with Gasteiger partial charge in [0.05, 0.1) is 6.04 Å². The van der Waals surface area contributed by atoms with Gasteiger partial charge in [-0.2, -0.15) is 0 Å². The zero-order valence-corrected chi connectivity index (χ0v) is 24.2. The fourth-order valence-electron chi connectivity index (χ4n) is 3.51. The van der Waals surface area contributed by atoms with Gasteiger partial charge in [0.2, 0.25) is 17.7 Å². The van der Waals surface area contributed by atoms with Crippen molar-refractivity contribution in [2.75, 3.05) is 6.54 Å². The Morgan fingerprint density at radius 3 is 1.84 bits per heavy atom. The molecule has 0 aliphatic heterocycles. The third kappa shape index (κ3) is 16.1. The third-order valence-electron chi connectivity index (χ3n) is 5.36. The highest BCUT2D eigenvalue weighted by Gasteiger charge is 2.29. The maximum absolute atomic E-state index is 12.9. The third-order valence-corrected chi connectivity index (χ3v) is 5.36. The van der Waals surface area contributed by atoms with Gasteiger partial charge >= 0.3 is 12.1 Å². The Balaban J connectivity index is 4.95. The lowest BCUT2D eigenvalue weighted by Crippen LogP contribution is -2.56. The van der Waals surface area contributed by atoms with Gasteiger partial charge in [0.1, 0.15) is 23.7 Å². The van der Waals surface area contributed by atoms with Crippen molar-refractivity contribution in [3.63, 3.8) is 0 Å². The van der Waals surface area contributed by atoms with Gasteiger partial charge in [-0.3, -0.25) is 14.4 Å². The van der Waals surface area contributed by atoms with Crippen LogP contribution in [0.25, 0.3) is 0 Å². The number of rotatable bonds is 16. The summed E-state index contributed by atoms with van der Waals surface area (Å²) in [4.78, 5) is 61.4. The highest BCUT2D eigenvalue weighted by molar-refractivity contribution is 5.93. The second-order valence-corrected chi connectivity index (χ2v) is 11.5. The summed E-state index contributed by atoms with van der Waals surface area (Å²) in [6, 6.07) is -3.84. The molecule has 4 amide bonds. The Kier molecular flexibility index (Phi) is 15.6. The monoisotopic (exact) mass is 543 g/mol. The van der Waals surface area contributed by atoms with Gasteiger partial charge in [0, 0.05) is 6.54 Å². The largest absolute Gasteiger partial charge is 0.480 e. The normalized spacial score (nSPS) is 14.7. The van der Waals surface area contributed by atoms with E-state index in [2.05, 4.69) is 21.3 Å². The lowest BCUT2D eigenvalue weighted by atomic mass is 10.0. The van der Waals surface area contributed by atoms with Crippen molar-refractivity contribution in [3.05, 3.63) is 0 Å². The fourth-order valence-corrected chi connectivity index (χ4v) is 3.51. The number of hydrogen-bond acceptors (Lipinski definition) is 7. The van der Waals surface area contributed by atoms with Crippen molar-refractivity contribution in [1.29, 1.82) is 0 Å². The highest BCUT2D eigenvalue weighted by atomic mass is 16.6. The van der Waals surface area contributed by atoms with E-state index >= 15 is 0 Å². The van der Waals surface area contributed by atoms with Crippen molar-refractivity contribution >= 4 is 29.8 Å². The molecule has 0 aliphatic carbocycles. The molecule has 0 unspecified atom stereocenters. The molecule has 12 nitrogen and oxygen atoms in total. The summed E-state index contributed by atoms with van der Waals surface area (Å²) in [5.41, 5.74) is 5.26. The lowest BCUT2D eigenvalue weighted by Gasteiger charge is -2.25. The van der Waals surface area contributed by atoms with Crippen LogP contribution in [-0.4, -0.2) is 71.2 Å². The van der Waals surface area contributed by atoms with Crippen LogP contribution in [0.5, 0.6) is 0 Å². The number of carboxylic acid groups (broad SMARTS) is 1. The van der Waals surface area contributed by atoms with E-state index < -0.39 is 59.6 Å². The summed E-state index contributed by atoms with van der Waals surface area (Å²) in [5, 5.41) is 19.9. The quantitative estimate of drug-likeness (QED) is 0.158. The molecule has 0 aliphatic rings. The van der Waals surface area contributed by atoms with Crippen LogP contribution in [0.3, 0.4) is 0 Å². The summed E-state index contributed by atoms with van der Waals surface area (Å²) in [5.74, 6) is -2.62. The Hall–Kier alpha value is -2.89. The van der Waals surface area contributed by atoms with Crippen LogP contribution in [0.4, 0.5) is 4.79 Å². The van der Waals surface area contributed by atoms with Crippen molar-refractivity contribution in [2.45, 2.75) is 117 Å². The van der Waals surface area contributed by atoms with E-state index in [0.717, 1.165) is 0 Å². The van der Waals surface area contributed by atoms with Crippen LogP contribution in [-0.2, 0) is 23.9 Å². The first-order chi connectivity index (χ1) is 17.4. The number of hydrogen-bond donors (Lipinski definition) is 6. The van der Waals surface area contributed by atoms with Crippen molar-refractivity contribution in [3.8, 4) is 0 Å². The van der Waals surface area contributed by atoms with Crippen molar-refractivity contribution < 1.29 is 33.8 Å². The minimum absolute atomic E-state index is 0.0256. The average molecular weight is 544 g/mol. The summed E-state index contributed by atoms with van der Waals surface area (Å²) < 4.78 is 5.15. The summed E-state index contributed by atoms with van der Waals surface area (Å²) in [6.45, 7) is 14.7. The average Bonchev–Trinajstić information content (AvgIpc) is 2.75. The standard InChI is InChI=1S/C26H49N5O7/c1-15(2)13-18(27)22(33)29-17(5)21(32)31-20(14-16(3)4)23(34)30-19(24(35)36)11-9-10-12-28-25(37)38-26(6,7)8/h15-20H,9-14,27H2,1-8H3,(H,28,37)(H,29,33)(H,30,34)(H,31,32)(H,35,36)/t17-,18-,19-,20-/m0/s1. The number of unbranched alkanes of at least 4 members (excludes halogenated alkanes) is 1. The number of carboxylic acids is 1. The summed E-state index contributed by atoms with van der Waals surface area (Å²) in [6.07, 6.45) is 1.23. The predicted molar refractivity (Wildman–Crippen MR) is 144 cm³/mol. The molecular formula is C26H49N5O7. The smallest absolute Gasteiger partial charge is 0.407 e. The Bertz CT molecular complexity index is 795. The number of alkyl carbamates (subject to hydrolysis) is 1. The number of aliphatic carboxylic acids is 1. The molecule has 0 aromatic heterocycles. The molecule has 0 spiro atoms. The zero-order chi connectivity index (χ0) is 29.6. The van der Waals surface area contributed by atoms with E-state index in [9.17, 15) is 29.1 Å². The predicted octanol–water partition coefficient (Wildman–Crippen LogP) is 1.66. The molecule has 0 fully saturated rings. The van der Waals surface area contributed by atoms with E-state index in [1.807, 2.05) is 27.7 Å². The van der Waals surface area contributed by atoms with Gasteiger partial charge in [0.25, 0.3) is 0 Å². The molecular weight excluding hydrogens is 494 g/mol. The molecule has 0 saturated heterocycles. The second kappa shape index (κ2) is 16.8. The summed E-state index contributed by atoms with van der Waals surface area (Å²) in [7, 11) is 0. The topological polar surface area (TPSA) is 189 Å². The van der Waals surface area contributed by atoms with E-state index in [4.69, 9.17) is 10.5 Å². The second-order valence-electron chi connectivity index (χ2n) is 11.5. The highest BCUT2D eigenvalue weighted by Crippen LogP contribution is 2.09. The number of ether oxygens (including phenoxy) is 1. The maximum atomic E-state index is 12.9. The molecule has 4 atom stereocenters. The molecule has 0 radical (unpaired) electrons. The molecule has 7 N–H and O–H groups in total. The molecule has 0 rings (SSSR count). The van der Waals surface area contributed by atoms with Gasteiger partial charge in [-0.1, -0.05) is 27.7 Å². The van der Waals surface area contributed by atoms with Crippen LogP contribution in [0.15, 0.2) is 0 Å². The number of nitrogens with one attached hydrogen (secondary N) is 4. The minimum Gasteiger partial charge on any atom is -0.480 e. The van der Waals surface area contributed by atoms with Crippen LogP contribution >= 0.6 is 0 Å². The van der Waals surface area contributed by atoms with E-state index in [1.54, 1.807) is 20.8 Å². The van der Waals surface area contributed by atoms with E-state index in [1.165, 1.54) is 6.92 Å². The molecule has 220 valence electrons. The molecule has 0 aromatic rings. The molecule has 12 heteroatoms. The van der Waals surface area contributed by atoms with Crippen LogP contribution in [0.1, 0.15) is 87.5 Å². The van der Waals surface area contributed by atoms with Crippen molar-refractivity contribution in [1.82, 2.24) is 21.3 Å². The fraction of sp³-hybridized carbons (Fsp3) is 0.808. The van der Waals surface area contributed by atoms with Gasteiger partial charge in [-0.25, -0.2) is 9.59 Å². The maximum Gasteiger partial charge on any atom is 0.407 e. The molecule has 0 bridgehead atoms. The first kappa shape index (κ1) is 35.1. The Morgan fingerprint density at radius 1 is 0.789 bits per heavy atom. The van der Waals surface area contributed by atoms with Crippen LogP contribution < -0.4 is 27.0 Å². The number of carbonyl (C=O) groups excluding carboxylic acids is 4. The first-order valence-corrected chi connectivity index (χ1v) is 13.3. The van der Waals surface area contributed by atoms with Crippen LogP contribution in [0.2, 0.25) is 0 Å². The number of nitrogens with two attached hydrogens (primary N) is 1. The number of amides is 4. The number of carbonyl (C=O) groups is 5. The summed E-state index contributed by atoms with van der Waals surface area (Å²) >= 11 is 0. The van der Waals surface area contributed by atoms with Gasteiger partial charge in [-0.05, 0) is 71.6 Å². The first-order valence-electron chi connectivity index (χ1n) is 13.3. The van der Waals surface area contributed by atoms with Crippen molar-refractivity contribution in [2.24, 2.45) is 17.6 Å². The van der Waals surface area contributed by atoms with E-state index in [0.29, 0.717) is 25.8 Å². The Morgan fingerprint density at radius 2 is 1.34 bits per heavy atom. The molecule has 0 heterocycles. The zero-order valence-electron chi connectivity index (χ0n) is 24.2. The SMILES string of the molecule is CC(C)C[C@H](NC(=O)[C@H](C)NC(=O)[C@@H](N)CC(C)C)C(=O)N[C@@H](CCCCNC(=O)OC(C)(C)C)C(=O)O.